The minimum Gasteiger partial charge on any atom is -0.497 e. The van der Waals surface area contributed by atoms with Gasteiger partial charge >= 0.3 is 0 Å². The van der Waals surface area contributed by atoms with Crippen molar-refractivity contribution in [3.05, 3.63) is 54.2 Å². The summed E-state index contributed by atoms with van der Waals surface area (Å²) >= 11 is 0. The number of sulfone groups is 1. The van der Waals surface area contributed by atoms with Gasteiger partial charge in [0, 0.05) is 19.2 Å². The second-order valence-corrected chi connectivity index (χ2v) is 8.93. The number of aromatic amines is 1. The van der Waals surface area contributed by atoms with Gasteiger partial charge in [-0.2, -0.15) is 0 Å². The number of methoxy groups -OCH3 is 1. The molecule has 1 aliphatic heterocycles. The van der Waals surface area contributed by atoms with E-state index in [2.05, 4.69) is 9.88 Å². The van der Waals surface area contributed by atoms with E-state index in [-0.39, 0.29) is 4.90 Å². The monoisotopic (exact) mass is 413 g/mol. The summed E-state index contributed by atoms with van der Waals surface area (Å²) in [5, 5.41) is 0.817. The van der Waals surface area contributed by atoms with Crippen LogP contribution in [0.25, 0.3) is 10.9 Å². The Morgan fingerprint density at radius 2 is 1.83 bits per heavy atom. The molecule has 0 atom stereocenters. The number of ether oxygens (including phenoxy) is 2. The van der Waals surface area contributed by atoms with Crippen LogP contribution < -0.4 is 14.6 Å². The molecule has 1 fully saturated rings. The van der Waals surface area contributed by atoms with E-state index in [4.69, 9.17) is 9.47 Å². The van der Waals surface area contributed by atoms with Crippen molar-refractivity contribution in [2.24, 2.45) is 0 Å². The number of hydrogen-bond acceptors (Lipinski definition) is 5. The van der Waals surface area contributed by atoms with Crippen LogP contribution in [0.4, 0.5) is 5.69 Å². The van der Waals surface area contributed by atoms with Crippen molar-refractivity contribution in [2.75, 3.05) is 38.3 Å². The van der Waals surface area contributed by atoms with Crippen LogP contribution in [0.1, 0.15) is 12.5 Å². The second kappa shape index (κ2) is 8.00. The van der Waals surface area contributed by atoms with Crippen LogP contribution in [0.5, 0.6) is 5.75 Å². The summed E-state index contributed by atoms with van der Waals surface area (Å²) < 4.78 is 38.1. The molecule has 2 heterocycles. The number of benzene rings is 2. The molecule has 1 aromatic heterocycles. The van der Waals surface area contributed by atoms with E-state index in [1.807, 2.05) is 37.3 Å². The van der Waals surface area contributed by atoms with E-state index < -0.39 is 9.84 Å². The van der Waals surface area contributed by atoms with E-state index in [1.165, 1.54) is 0 Å². The number of hydrogen-bond donors (Lipinski definition) is 0. The second-order valence-electron chi connectivity index (χ2n) is 7.01. The minimum absolute atomic E-state index is 0.268. The lowest BCUT2D eigenvalue weighted by Gasteiger charge is -2.30. The zero-order valence-corrected chi connectivity index (χ0v) is 17.5. The van der Waals surface area contributed by atoms with Crippen molar-refractivity contribution in [2.45, 2.75) is 23.1 Å². The predicted molar refractivity (Wildman–Crippen MR) is 111 cm³/mol. The standard InChI is InChI=1S/C22H24N2O4S/c1-3-16-4-7-18(8-5-16)29(25,26)21-15-23-20-9-6-17(27-2)14-19(20)22(21)24-10-12-28-13-11-24/h4-9,14-15H,3,10-13H2,1-2H3/p+1. The Labute approximate surface area is 171 Å². The lowest BCUT2D eigenvalue weighted by Crippen LogP contribution is -2.37. The lowest BCUT2D eigenvalue weighted by molar-refractivity contribution is -0.347. The zero-order valence-electron chi connectivity index (χ0n) is 16.6. The number of morpholine rings is 1. The van der Waals surface area contributed by atoms with Crippen LogP contribution in [0.15, 0.2) is 58.5 Å². The van der Waals surface area contributed by atoms with Crippen LogP contribution in [-0.2, 0) is 21.0 Å². The maximum absolute atomic E-state index is 13.6. The smallest absolute Gasteiger partial charge is 0.214 e. The van der Waals surface area contributed by atoms with E-state index in [0.29, 0.717) is 42.6 Å². The molecule has 4 rings (SSSR count). The van der Waals surface area contributed by atoms with Gasteiger partial charge in [0.2, 0.25) is 15.4 Å². The molecule has 0 unspecified atom stereocenters. The van der Waals surface area contributed by atoms with Crippen molar-refractivity contribution >= 4 is 26.4 Å². The summed E-state index contributed by atoms with van der Waals surface area (Å²) in [5.74, 6) is 0.683. The first-order valence-electron chi connectivity index (χ1n) is 9.73. The van der Waals surface area contributed by atoms with Gasteiger partial charge in [-0.1, -0.05) is 19.1 Å². The molecule has 3 aromatic rings. The number of aryl methyl sites for hydroxylation is 1. The van der Waals surface area contributed by atoms with Crippen LogP contribution in [0, 0.1) is 0 Å². The SMILES string of the molecule is CCc1ccc(S(=O)(=O)c2c[nH+]c3ccc(OC)cc3c2N2CCOCC2)cc1. The molecule has 0 saturated carbocycles. The normalized spacial score (nSPS) is 14.9. The van der Waals surface area contributed by atoms with Crippen LogP contribution in [0.3, 0.4) is 0 Å². The van der Waals surface area contributed by atoms with E-state index >= 15 is 0 Å². The minimum atomic E-state index is -3.71. The van der Waals surface area contributed by atoms with Gasteiger partial charge in [0.15, 0.2) is 11.1 Å². The molecule has 0 radical (unpaired) electrons. The number of fused-ring (bicyclic) bond motifs is 1. The van der Waals surface area contributed by atoms with Gasteiger partial charge in [-0.05, 0) is 36.2 Å². The van der Waals surface area contributed by atoms with Crippen molar-refractivity contribution in [1.82, 2.24) is 0 Å². The summed E-state index contributed by atoms with van der Waals surface area (Å²) in [6, 6.07) is 12.8. The summed E-state index contributed by atoms with van der Waals surface area (Å²) in [6.45, 7) is 4.44. The highest BCUT2D eigenvalue weighted by molar-refractivity contribution is 7.91. The topological polar surface area (TPSA) is 70.0 Å². The van der Waals surface area contributed by atoms with Crippen LogP contribution in [-0.4, -0.2) is 41.8 Å². The Morgan fingerprint density at radius 1 is 1.10 bits per heavy atom. The largest absolute Gasteiger partial charge is 0.497 e. The molecule has 152 valence electrons. The molecule has 0 bridgehead atoms. The summed E-state index contributed by atoms with van der Waals surface area (Å²) in [4.78, 5) is 5.81. The molecule has 6 nitrogen and oxygen atoms in total. The number of anilines is 1. The Kier molecular flexibility index (Phi) is 5.43. The zero-order chi connectivity index (χ0) is 20.4. The number of nitrogens with zero attached hydrogens (tertiary/aromatic N) is 1. The third-order valence-corrected chi connectivity index (χ3v) is 7.12. The fourth-order valence-electron chi connectivity index (χ4n) is 3.67. The Hall–Kier alpha value is -2.64. The number of rotatable bonds is 5. The molecule has 1 saturated heterocycles. The Bertz CT molecular complexity index is 1120. The van der Waals surface area contributed by atoms with Gasteiger partial charge in [-0.3, -0.25) is 0 Å². The van der Waals surface area contributed by atoms with E-state index in [0.717, 1.165) is 22.9 Å². The van der Waals surface area contributed by atoms with Gasteiger partial charge in [0.1, 0.15) is 5.75 Å². The molecule has 0 amide bonds. The molecule has 0 aliphatic carbocycles. The molecule has 29 heavy (non-hydrogen) atoms. The molecule has 0 spiro atoms. The van der Waals surface area contributed by atoms with Crippen LogP contribution in [0.2, 0.25) is 0 Å². The fourth-order valence-corrected chi connectivity index (χ4v) is 5.12. The van der Waals surface area contributed by atoms with E-state index in [9.17, 15) is 8.42 Å². The number of aromatic nitrogens is 1. The maximum atomic E-state index is 13.6. The van der Waals surface area contributed by atoms with Gasteiger partial charge in [-0.15, -0.1) is 0 Å². The van der Waals surface area contributed by atoms with Crippen LogP contribution >= 0.6 is 0 Å². The van der Waals surface area contributed by atoms with Crippen molar-refractivity contribution in [3.8, 4) is 5.75 Å². The fraction of sp³-hybridized carbons (Fsp3) is 0.318. The first-order chi connectivity index (χ1) is 14.0. The maximum Gasteiger partial charge on any atom is 0.214 e. The summed E-state index contributed by atoms with van der Waals surface area (Å²) in [6.07, 6.45) is 2.46. The predicted octanol–water partition coefficient (Wildman–Crippen LogP) is 2.89. The van der Waals surface area contributed by atoms with Gasteiger partial charge in [0.25, 0.3) is 0 Å². The van der Waals surface area contributed by atoms with E-state index in [1.54, 1.807) is 25.4 Å². The third kappa shape index (κ3) is 3.68. The molecule has 2 aromatic carbocycles. The van der Waals surface area contributed by atoms with Crippen molar-refractivity contribution < 1.29 is 22.9 Å². The quantitative estimate of drug-likeness (QED) is 0.643. The molecule has 1 aliphatic rings. The van der Waals surface area contributed by atoms with Gasteiger partial charge in [-0.25, -0.2) is 13.4 Å². The highest BCUT2D eigenvalue weighted by Crippen LogP contribution is 2.36. The van der Waals surface area contributed by atoms with Crippen molar-refractivity contribution in [3.63, 3.8) is 0 Å². The summed E-state index contributed by atoms with van der Waals surface area (Å²) in [5.41, 5.74) is 2.65. The average Bonchev–Trinajstić information content (AvgIpc) is 2.78. The first kappa shape index (κ1) is 19.7. The van der Waals surface area contributed by atoms with Gasteiger partial charge < -0.3 is 14.4 Å². The Balaban J connectivity index is 1.94. The first-order valence-corrected chi connectivity index (χ1v) is 11.2. The number of nitrogens with one attached hydrogen (secondary N) is 1. The Morgan fingerprint density at radius 3 is 2.48 bits per heavy atom. The summed E-state index contributed by atoms with van der Waals surface area (Å²) in [7, 11) is -2.10. The van der Waals surface area contributed by atoms with Crippen molar-refractivity contribution in [1.29, 1.82) is 0 Å². The molecular formula is C22H25N2O4S+. The highest BCUT2D eigenvalue weighted by Gasteiger charge is 2.30. The number of H-pyrrole nitrogens is 1. The highest BCUT2D eigenvalue weighted by atomic mass is 32.2. The lowest BCUT2D eigenvalue weighted by atomic mass is 10.1. The molecular weight excluding hydrogens is 388 g/mol. The average molecular weight is 414 g/mol. The van der Waals surface area contributed by atoms with Gasteiger partial charge in [0.05, 0.1) is 36.3 Å². The molecule has 1 N–H and O–H groups in total. The third-order valence-electron chi connectivity index (χ3n) is 5.33. The number of pyridine rings is 1. The molecule has 7 heteroatoms.